The van der Waals surface area contributed by atoms with Crippen molar-refractivity contribution in [3.63, 3.8) is 0 Å². The molecule has 0 aliphatic heterocycles. The third-order valence-electron chi connectivity index (χ3n) is 2.04. The van der Waals surface area contributed by atoms with Crippen LogP contribution in [0.4, 0.5) is 5.82 Å². The Morgan fingerprint density at radius 2 is 2.44 bits per heavy atom. The van der Waals surface area contributed by atoms with E-state index in [9.17, 15) is 10.1 Å². The molecular weight excluding hydrogens is 242 g/mol. The second-order valence-corrected chi connectivity index (χ2v) is 3.36. The second kappa shape index (κ2) is 5.36. The van der Waals surface area contributed by atoms with E-state index in [1.165, 1.54) is 6.26 Å². The van der Waals surface area contributed by atoms with Crippen LogP contribution in [0.25, 0.3) is 0 Å². The first kappa shape index (κ1) is 12.2. The monoisotopic (exact) mass is 253 g/mol. The zero-order valence-corrected chi connectivity index (χ0v) is 9.65. The summed E-state index contributed by atoms with van der Waals surface area (Å²) < 4.78 is 10.3. The van der Waals surface area contributed by atoms with Gasteiger partial charge in [0.2, 0.25) is 5.89 Å². The molecule has 0 aromatic carbocycles. The van der Waals surface area contributed by atoms with E-state index in [4.69, 9.17) is 9.15 Å². The molecular formula is C9H11N5O4. The Labute approximate surface area is 102 Å². The highest BCUT2D eigenvalue weighted by atomic mass is 16.6. The van der Waals surface area contributed by atoms with E-state index in [-0.39, 0.29) is 12.4 Å². The summed E-state index contributed by atoms with van der Waals surface area (Å²) in [5.41, 5.74) is 0.661. The molecule has 0 radical (unpaired) electrons. The van der Waals surface area contributed by atoms with Gasteiger partial charge in [0.05, 0.1) is 11.7 Å². The molecule has 2 aromatic rings. The molecule has 9 nitrogen and oxygen atoms in total. The van der Waals surface area contributed by atoms with Crippen molar-refractivity contribution in [1.29, 1.82) is 0 Å². The van der Waals surface area contributed by atoms with Gasteiger partial charge < -0.3 is 19.3 Å². The summed E-state index contributed by atoms with van der Waals surface area (Å²) in [6.45, 7) is 2.98. The number of nitrogens with zero attached hydrogens (tertiary/aromatic N) is 5. The number of nitro groups is 1. The van der Waals surface area contributed by atoms with Crippen molar-refractivity contribution in [3.05, 3.63) is 34.2 Å². The fourth-order valence-corrected chi connectivity index (χ4v) is 1.26. The average molecular weight is 253 g/mol. The van der Waals surface area contributed by atoms with E-state index in [0.717, 1.165) is 11.0 Å². The van der Waals surface area contributed by atoms with Gasteiger partial charge in [0.15, 0.2) is 12.7 Å². The molecule has 9 heteroatoms. The van der Waals surface area contributed by atoms with E-state index in [2.05, 4.69) is 15.2 Å². The maximum absolute atomic E-state index is 10.4. The number of hydrogen-bond acceptors (Lipinski definition) is 7. The molecule has 0 unspecified atom stereocenters. The van der Waals surface area contributed by atoms with Crippen LogP contribution in [-0.2, 0) is 17.9 Å². The predicted molar refractivity (Wildman–Crippen MR) is 57.6 cm³/mol. The zero-order chi connectivity index (χ0) is 13.0. The van der Waals surface area contributed by atoms with Crippen molar-refractivity contribution in [2.75, 3.05) is 6.61 Å². The Morgan fingerprint density at radius 3 is 3.11 bits per heavy atom. The summed E-state index contributed by atoms with van der Waals surface area (Å²) in [7, 11) is 0. The third kappa shape index (κ3) is 2.88. The van der Waals surface area contributed by atoms with Crippen molar-refractivity contribution in [2.24, 2.45) is 0 Å². The zero-order valence-electron chi connectivity index (χ0n) is 9.65. The van der Waals surface area contributed by atoms with Crippen molar-refractivity contribution < 1.29 is 14.1 Å². The smallest absolute Gasteiger partial charge is 0.410 e. The number of oxazole rings is 1. The topological polar surface area (TPSA) is 109 Å². The molecule has 0 spiro atoms. The summed E-state index contributed by atoms with van der Waals surface area (Å²) in [5, 5.41) is 17.8. The van der Waals surface area contributed by atoms with Gasteiger partial charge in [0, 0.05) is 6.61 Å². The van der Waals surface area contributed by atoms with Crippen molar-refractivity contribution in [1.82, 2.24) is 20.0 Å². The van der Waals surface area contributed by atoms with Crippen LogP contribution in [0.5, 0.6) is 0 Å². The van der Waals surface area contributed by atoms with Crippen LogP contribution in [0.15, 0.2) is 16.9 Å². The second-order valence-electron chi connectivity index (χ2n) is 3.36. The standard InChI is InChI=1S/C9H11N5O4/c1-2-17-5-7-6-18-9(11-7)4-13-10-3-8(12-13)14(15)16/h3,6H,2,4-5H2,1H3. The van der Waals surface area contributed by atoms with Gasteiger partial charge in [-0.15, -0.1) is 5.10 Å². The van der Waals surface area contributed by atoms with Gasteiger partial charge in [-0.05, 0) is 11.8 Å². The summed E-state index contributed by atoms with van der Waals surface area (Å²) in [5.74, 6) is 0.0614. The molecule has 0 amide bonds. The molecule has 0 aliphatic rings. The summed E-state index contributed by atoms with van der Waals surface area (Å²) in [6, 6.07) is 0. The first-order valence-electron chi connectivity index (χ1n) is 5.24. The Morgan fingerprint density at radius 1 is 1.61 bits per heavy atom. The molecule has 96 valence electrons. The van der Waals surface area contributed by atoms with Crippen LogP contribution in [0.2, 0.25) is 0 Å². The van der Waals surface area contributed by atoms with Crippen molar-refractivity contribution >= 4 is 5.82 Å². The van der Waals surface area contributed by atoms with Crippen LogP contribution in [0, 0.1) is 10.1 Å². The highest BCUT2D eigenvalue weighted by Gasteiger charge is 2.14. The maximum Gasteiger partial charge on any atom is 0.410 e. The van der Waals surface area contributed by atoms with E-state index >= 15 is 0 Å². The fraction of sp³-hybridized carbons (Fsp3) is 0.444. The van der Waals surface area contributed by atoms with E-state index < -0.39 is 4.92 Å². The SMILES string of the molecule is CCOCc1coc(Cn2ncc([N+](=O)[O-])n2)n1. The first-order valence-corrected chi connectivity index (χ1v) is 5.24. The van der Waals surface area contributed by atoms with Crippen LogP contribution >= 0.6 is 0 Å². The van der Waals surface area contributed by atoms with Crippen LogP contribution < -0.4 is 0 Å². The quantitative estimate of drug-likeness (QED) is 0.552. The van der Waals surface area contributed by atoms with Crippen LogP contribution in [-0.4, -0.2) is 31.5 Å². The lowest BCUT2D eigenvalue weighted by Gasteiger charge is -1.93. The lowest BCUT2D eigenvalue weighted by molar-refractivity contribution is -0.389. The summed E-state index contributed by atoms with van der Waals surface area (Å²) in [4.78, 5) is 15.1. The maximum atomic E-state index is 10.4. The highest BCUT2D eigenvalue weighted by molar-refractivity contribution is 5.08. The highest BCUT2D eigenvalue weighted by Crippen LogP contribution is 2.07. The van der Waals surface area contributed by atoms with Crippen molar-refractivity contribution in [2.45, 2.75) is 20.1 Å². The Balaban J connectivity index is 1.99. The first-order chi connectivity index (χ1) is 8.69. The molecule has 0 fully saturated rings. The molecule has 0 N–H and O–H groups in total. The molecule has 2 heterocycles. The number of rotatable bonds is 6. The molecule has 0 saturated heterocycles. The van der Waals surface area contributed by atoms with Gasteiger partial charge in [0.1, 0.15) is 12.0 Å². The van der Waals surface area contributed by atoms with E-state index in [0.29, 0.717) is 24.8 Å². The summed E-state index contributed by atoms with van der Waals surface area (Å²) >= 11 is 0. The molecule has 18 heavy (non-hydrogen) atoms. The molecule has 0 saturated carbocycles. The van der Waals surface area contributed by atoms with Gasteiger partial charge in [-0.3, -0.25) is 0 Å². The average Bonchev–Trinajstić information content (AvgIpc) is 2.96. The normalized spacial score (nSPS) is 10.7. The Bertz CT molecular complexity index is 535. The fourth-order valence-electron chi connectivity index (χ4n) is 1.26. The number of aromatic nitrogens is 4. The Kier molecular flexibility index (Phi) is 3.63. The van der Waals surface area contributed by atoms with Gasteiger partial charge >= 0.3 is 5.82 Å². The third-order valence-corrected chi connectivity index (χ3v) is 2.04. The lowest BCUT2D eigenvalue weighted by atomic mass is 10.5. The molecule has 0 atom stereocenters. The minimum absolute atomic E-state index is 0.139. The van der Waals surface area contributed by atoms with Crippen LogP contribution in [0.1, 0.15) is 18.5 Å². The minimum Gasteiger partial charge on any atom is -0.446 e. The summed E-state index contributed by atoms with van der Waals surface area (Å²) in [6.07, 6.45) is 2.55. The van der Waals surface area contributed by atoms with Gasteiger partial charge in [0.25, 0.3) is 0 Å². The molecule has 0 aliphatic carbocycles. The lowest BCUT2D eigenvalue weighted by Crippen LogP contribution is -2.04. The molecule has 2 aromatic heterocycles. The van der Waals surface area contributed by atoms with Crippen molar-refractivity contribution in [3.8, 4) is 0 Å². The van der Waals surface area contributed by atoms with Gasteiger partial charge in [-0.2, -0.15) is 0 Å². The van der Waals surface area contributed by atoms with E-state index in [1.54, 1.807) is 0 Å². The largest absolute Gasteiger partial charge is 0.446 e. The predicted octanol–water partition coefficient (Wildman–Crippen LogP) is 0.759. The molecule has 0 bridgehead atoms. The minimum atomic E-state index is -0.612. The molecule has 2 rings (SSSR count). The van der Waals surface area contributed by atoms with Crippen LogP contribution in [0.3, 0.4) is 0 Å². The van der Waals surface area contributed by atoms with Gasteiger partial charge in [-0.1, -0.05) is 4.80 Å². The Hall–Kier alpha value is -2.29. The van der Waals surface area contributed by atoms with Gasteiger partial charge in [-0.25, -0.2) is 4.98 Å². The number of ether oxygens (including phenoxy) is 1. The van der Waals surface area contributed by atoms with E-state index in [1.807, 2.05) is 6.92 Å². The number of hydrogen-bond donors (Lipinski definition) is 0.